The number of nitrogens with zero attached hydrogens (tertiary/aromatic N) is 1. The number of hydrogen-bond donors (Lipinski definition) is 0. The van der Waals surface area contributed by atoms with E-state index in [0.717, 1.165) is 12.8 Å². The van der Waals surface area contributed by atoms with Crippen molar-refractivity contribution in [3.63, 3.8) is 0 Å². The van der Waals surface area contributed by atoms with Crippen LogP contribution >= 0.6 is 0 Å². The van der Waals surface area contributed by atoms with Gasteiger partial charge in [-0.15, -0.1) is 4.91 Å². The number of Topliss-reactive ketones (excluding diaryl/α,β-unsaturated/α-hetero) is 1. The Morgan fingerprint density at radius 2 is 1.36 bits per heavy atom. The predicted octanol–water partition coefficient (Wildman–Crippen LogP) is 4.95. The number of carbonyl (C=O) groups excluding carboxylic acids is 1. The van der Waals surface area contributed by atoms with Crippen molar-refractivity contribution >= 4 is 5.78 Å². The highest BCUT2D eigenvalue weighted by Gasteiger charge is 2.23. The topological polar surface area (TPSA) is 65.0 Å². The second kappa shape index (κ2) is 9.57. The number of nitroso groups, excluding NO2 is 1. The highest BCUT2D eigenvalue weighted by Crippen LogP contribution is 2.25. The van der Waals surface area contributed by atoms with Crippen LogP contribution in [0.1, 0.15) is 48.7 Å². The molecule has 0 bridgehead atoms. The normalized spacial score (nSPS) is 11.6. The molecular weight excluding hydrogens is 318 g/mol. The molecule has 0 saturated heterocycles. The molecule has 0 amide bonds. The first kappa shape index (κ1) is 18.6. The second-order valence-corrected chi connectivity index (χ2v) is 5.66. The van der Waals surface area contributed by atoms with Crippen molar-refractivity contribution < 1.29 is 14.3 Å². The van der Waals surface area contributed by atoms with Crippen LogP contribution in [0.15, 0.2) is 53.7 Å². The standard InChI is InChI=1S/C20H23NO4/c1-3-13-24-17-9-5-15(6-10-17)19(21-23)20(22)16-7-11-18(12-8-16)25-14-4-2/h5-12,19H,3-4,13-14H2,1-2H3. The molecule has 0 N–H and O–H groups in total. The molecule has 0 heterocycles. The Balaban J connectivity index is 2.10. The van der Waals surface area contributed by atoms with E-state index in [4.69, 9.17) is 9.47 Å². The van der Waals surface area contributed by atoms with Crippen LogP contribution in [0.2, 0.25) is 0 Å². The van der Waals surface area contributed by atoms with Gasteiger partial charge in [-0.25, -0.2) is 0 Å². The molecule has 1 unspecified atom stereocenters. The first-order valence-corrected chi connectivity index (χ1v) is 8.51. The minimum atomic E-state index is -1.07. The molecule has 2 aromatic carbocycles. The molecule has 0 fully saturated rings. The molecule has 0 aliphatic rings. The summed E-state index contributed by atoms with van der Waals surface area (Å²) in [5, 5.41) is 3.03. The van der Waals surface area contributed by atoms with Crippen molar-refractivity contribution in [1.82, 2.24) is 0 Å². The van der Waals surface area contributed by atoms with Crippen molar-refractivity contribution in [2.75, 3.05) is 13.2 Å². The van der Waals surface area contributed by atoms with Crippen molar-refractivity contribution in [3.8, 4) is 11.5 Å². The summed E-state index contributed by atoms with van der Waals surface area (Å²) in [6.45, 7) is 5.30. The first-order valence-electron chi connectivity index (χ1n) is 8.51. The predicted molar refractivity (Wildman–Crippen MR) is 97.3 cm³/mol. The summed E-state index contributed by atoms with van der Waals surface area (Å²) in [6.07, 6.45) is 1.83. The number of rotatable bonds is 10. The number of ether oxygens (including phenoxy) is 2. The maximum Gasteiger partial charge on any atom is 0.195 e. The van der Waals surface area contributed by atoms with Gasteiger partial charge in [0.25, 0.3) is 0 Å². The maximum absolute atomic E-state index is 12.6. The number of hydrogen-bond acceptors (Lipinski definition) is 5. The molecule has 2 aromatic rings. The van der Waals surface area contributed by atoms with Gasteiger partial charge in [0.1, 0.15) is 11.5 Å². The van der Waals surface area contributed by atoms with Gasteiger partial charge in [-0.1, -0.05) is 31.2 Å². The second-order valence-electron chi connectivity index (χ2n) is 5.66. The molecule has 0 aromatic heterocycles. The molecule has 0 aliphatic carbocycles. The van der Waals surface area contributed by atoms with Gasteiger partial charge in [0.05, 0.1) is 13.2 Å². The van der Waals surface area contributed by atoms with E-state index in [9.17, 15) is 9.70 Å². The van der Waals surface area contributed by atoms with Crippen LogP contribution in [0.5, 0.6) is 11.5 Å². The molecule has 2 rings (SSSR count). The summed E-state index contributed by atoms with van der Waals surface area (Å²) in [5.41, 5.74) is 0.981. The number of ketones is 1. The smallest absolute Gasteiger partial charge is 0.195 e. The fourth-order valence-corrected chi connectivity index (χ4v) is 2.32. The minimum absolute atomic E-state index is 0.334. The van der Waals surface area contributed by atoms with Crippen LogP contribution in [0.4, 0.5) is 0 Å². The minimum Gasteiger partial charge on any atom is -0.494 e. The highest BCUT2D eigenvalue weighted by molar-refractivity contribution is 6.00. The van der Waals surface area contributed by atoms with E-state index in [0.29, 0.717) is 35.8 Å². The fraction of sp³-hybridized carbons (Fsp3) is 0.350. The van der Waals surface area contributed by atoms with Gasteiger partial charge in [0.15, 0.2) is 11.8 Å². The zero-order valence-electron chi connectivity index (χ0n) is 14.6. The maximum atomic E-state index is 12.6. The Labute approximate surface area is 147 Å². The summed E-state index contributed by atoms with van der Waals surface area (Å²) in [5.74, 6) is 1.07. The molecule has 5 nitrogen and oxygen atoms in total. The Hall–Kier alpha value is -2.69. The summed E-state index contributed by atoms with van der Waals surface area (Å²) < 4.78 is 11.0. The molecule has 0 saturated carbocycles. The van der Waals surface area contributed by atoms with Crippen LogP contribution in [0, 0.1) is 4.91 Å². The highest BCUT2D eigenvalue weighted by atomic mass is 16.5. The van der Waals surface area contributed by atoms with Crippen LogP contribution in [-0.4, -0.2) is 19.0 Å². The molecule has 5 heteroatoms. The average molecular weight is 341 g/mol. The van der Waals surface area contributed by atoms with Crippen LogP contribution < -0.4 is 9.47 Å². The summed E-state index contributed by atoms with van der Waals surface area (Å²) in [6, 6.07) is 12.6. The molecule has 132 valence electrons. The van der Waals surface area contributed by atoms with Crippen LogP contribution in [0.3, 0.4) is 0 Å². The third kappa shape index (κ3) is 5.14. The molecule has 0 aliphatic heterocycles. The Bertz CT molecular complexity index is 680. The lowest BCUT2D eigenvalue weighted by Gasteiger charge is -2.11. The van der Waals surface area contributed by atoms with Gasteiger partial charge in [0.2, 0.25) is 0 Å². The third-order valence-corrected chi connectivity index (χ3v) is 3.63. The number of benzene rings is 2. The van der Waals surface area contributed by atoms with Crippen molar-refractivity contribution in [3.05, 3.63) is 64.6 Å². The third-order valence-electron chi connectivity index (χ3n) is 3.63. The van der Waals surface area contributed by atoms with Crippen LogP contribution in [0.25, 0.3) is 0 Å². The van der Waals surface area contributed by atoms with E-state index in [1.54, 1.807) is 48.5 Å². The van der Waals surface area contributed by atoms with E-state index >= 15 is 0 Å². The Kier molecular flexibility index (Phi) is 7.14. The summed E-state index contributed by atoms with van der Waals surface area (Å²) in [7, 11) is 0. The average Bonchev–Trinajstić information content (AvgIpc) is 2.66. The SMILES string of the molecule is CCCOc1ccc(C(=O)C(N=O)c2ccc(OCCC)cc2)cc1. The molecule has 0 radical (unpaired) electrons. The summed E-state index contributed by atoms with van der Waals surface area (Å²) >= 11 is 0. The Morgan fingerprint density at radius 3 is 1.80 bits per heavy atom. The first-order chi connectivity index (χ1) is 12.2. The van der Waals surface area contributed by atoms with E-state index in [1.165, 1.54) is 0 Å². The van der Waals surface area contributed by atoms with Crippen molar-refractivity contribution in [2.45, 2.75) is 32.7 Å². The van der Waals surface area contributed by atoms with Crippen molar-refractivity contribution in [2.24, 2.45) is 5.18 Å². The molecular formula is C20H23NO4. The van der Waals surface area contributed by atoms with Gasteiger partial charge in [0, 0.05) is 5.56 Å². The van der Waals surface area contributed by atoms with Crippen LogP contribution in [-0.2, 0) is 0 Å². The van der Waals surface area contributed by atoms with Gasteiger partial charge in [-0.3, -0.25) is 4.79 Å². The van der Waals surface area contributed by atoms with E-state index < -0.39 is 6.04 Å². The Morgan fingerprint density at radius 1 is 0.880 bits per heavy atom. The van der Waals surface area contributed by atoms with Gasteiger partial charge in [-0.05, 0) is 54.8 Å². The lowest BCUT2D eigenvalue weighted by Crippen LogP contribution is -2.10. The zero-order chi connectivity index (χ0) is 18.1. The van der Waals surface area contributed by atoms with Gasteiger partial charge < -0.3 is 9.47 Å². The molecule has 25 heavy (non-hydrogen) atoms. The number of carbonyl (C=O) groups is 1. The van der Waals surface area contributed by atoms with Crippen molar-refractivity contribution in [1.29, 1.82) is 0 Å². The van der Waals surface area contributed by atoms with E-state index in [2.05, 4.69) is 5.18 Å². The largest absolute Gasteiger partial charge is 0.494 e. The quantitative estimate of drug-likeness (QED) is 0.453. The lowest BCUT2D eigenvalue weighted by molar-refractivity contribution is 0.0961. The van der Waals surface area contributed by atoms with Gasteiger partial charge >= 0.3 is 0 Å². The van der Waals surface area contributed by atoms with E-state index in [1.807, 2.05) is 13.8 Å². The van der Waals surface area contributed by atoms with Gasteiger partial charge in [-0.2, -0.15) is 0 Å². The summed E-state index contributed by atoms with van der Waals surface area (Å²) in [4.78, 5) is 23.9. The molecule has 0 spiro atoms. The monoisotopic (exact) mass is 341 g/mol. The lowest BCUT2D eigenvalue weighted by atomic mass is 9.98. The fourth-order valence-electron chi connectivity index (χ4n) is 2.32. The zero-order valence-corrected chi connectivity index (χ0v) is 14.6. The van der Waals surface area contributed by atoms with E-state index in [-0.39, 0.29) is 5.78 Å². The molecule has 1 atom stereocenters.